The summed E-state index contributed by atoms with van der Waals surface area (Å²) in [7, 11) is 0. The van der Waals surface area contributed by atoms with Crippen LogP contribution in [0.25, 0.3) is 0 Å². The van der Waals surface area contributed by atoms with Gasteiger partial charge in [-0.2, -0.15) is 0 Å². The summed E-state index contributed by atoms with van der Waals surface area (Å²) in [5.41, 5.74) is 15.9. The Kier molecular flexibility index (Phi) is 10.0. The molecule has 0 heterocycles. The molecule has 0 aliphatic carbocycles. The summed E-state index contributed by atoms with van der Waals surface area (Å²) in [4.78, 5) is 0. The van der Waals surface area contributed by atoms with E-state index in [1.807, 2.05) is 20.8 Å². The van der Waals surface area contributed by atoms with Crippen LogP contribution in [-0.2, 0) is 35.5 Å². The van der Waals surface area contributed by atoms with Gasteiger partial charge in [0.1, 0.15) is 17.2 Å². The topological polar surface area (TPSA) is 60.7 Å². The summed E-state index contributed by atoms with van der Waals surface area (Å²) in [6, 6.07) is 13.3. The van der Waals surface area contributed by atoms with Crippen molar-refractivity contribution in [2.75, 3.05) is 0 Å². The van der Waals surface area contributed by atoms with E-state index in [2.05, 4.69) is 119 Å². The lowest BCUT2D eigenvalue weighted by molar-refractivity contribution is 0.441. The second kappa shape index (κ2) is 13.0. The Hall–Kier alpha value is -3.72. The van der Waals surface area contributed by atoms with E-state index in [4.69, 9.17) is 0 Å². The highest BCUT2D eigenvalue weighted by molar-refractivity contribution is 5.56. The van der Waals surface area contributed by atoms with Crippen molar-refractivity contribution in [3.63, 3.8) is 0 Å². The van der Waals surface area contributed by atoms with E-state index in [1.54, 1.807) is 0 Å². The lowest BCUT2D eigenvalue weighted by Gasteiger charge is -2.25. The van der Waals surface area contributed by atoms with Gasteiger partial charge in [0.05, 0.1) is 0 Å². The molecule has 0 atom stereocenters. The van der Waals surface area contributed by atoms with E-state index in [1.165, 1.54) is 33.4 Å². The predicted octanol–water partition coefficient (Wildman–Crippen LogP) is 11.3. The molecule has 0 amide bonds. The lowest BCUT2D eigenvalue weighted by Crippen LogP contribution is -2.14. The minimum absolute atomic E-state index is 0.154. The van der Waals surface area contributed by atoms with Gasteiger partial charge in [-0.15, -0.1) is 0 Å². The fourth-order valence-corrected chi connectivity index (χ4v) is 7.33. The Morgan fingerprint density at radius 2 is 0.583 bits per heavy atom. The van der Waals surface area contributed by atoms with E-state index in [0.717, 1.165) is 50.1 Å². The van der Waals surface area contributed by atoms with Crippen LogP contribution in [0.4, 0.5) is 0 Å². The van der Waals surface area contributed by atoms with Crippen molar-refractivity contribution >= 4 is 0 Å². The summed E-state index contributed by atoms with van der Waals surface area (Å²) in [6.45, 7) is 31.8. The summed E-state index contributed by atoms with van der Waals surface area (Å²) in [5.74, 6) is 1.17. The number of phenols is 3. The zero-order chi connectivity index (χ0) is 36.3. The Labute approximate surface area is 291 Å². The van der Waals surface area contributed by atoms with E-state index >= 15 is 0 Å². The monoisotopic (exact) mass is 648 g/mol. The van der Waals surface area contributed by atoms with Gasteiger partial charge in [-0.3, -0.25) is 0 Å². The maximum absolute atomic E-state index is 11.3. The third-order valence-electron chi connectivity index (χ3n) is 10.4. The summed E-state index contributed by atoms with van der Waals surface area (Å²) < 4.78 is 0. The van der Waals surface area contributed by atoms with Gasteiger partial charge >= 0.3 is 0 Å². The minimum atomic E-state index is -0.154. The first-order valence-electron chi connectivity index (χ1n) is 17.5. The second-order valence-corrected chi connectivity index (χ2v) is 17.5. The van der Waals surface area contributed by atoms with Crippen LogP contribution in [0, 0.1) is 41.5 Å². The molecule has 48 heavy (non-hydrogen) atoms. The van der Waals surface area contributed by atoms with Gasteiger partial charge in [-0.25, -0.2) is 0 Å². The molecule has 4 aromatic rings. The molecule has 3 heteroatoms. The van der Waals surface area contributed by atoms with Crippen LogP contribution in [0.15, 0.2) is 36.4 Å². The van der Waals surface area contributed by atoms with E-state index < -0.39 is 0 Å². The van der Waals surface area contributed by atoms with Crippen LogP contribution in [0.3, 0.4) is 0 Å². The van der Waals surface area contributed by atoms with Crippen molar-refractivity contribution in [1.82, 2.24) is 0 Å². The SMILES string of the molecule is Cc1cc(C(C)(C)C)c(O)c(C)c1Cc1cc(Cc2c(C)cc(C(C)(C)C)c(O)c2C)cc(Cc2c(C)cc(C(C)(C)C)c(O)c2C)c1. The molecule has 0 saturated heterocycles. The van der Waals surface area contributed by atoms with Crippen LogP contribution in [0.2, 0.25) is 0 Å². The first-order chi connectivity index (χ1) is 21.9. The standard InChI is InChI=1S/C45H60O3/c1-25-16-37(43(7,8)9)40(46)28(4)34(25)22-31-19-32(23-35-26(2)17-38(44(10,11)12)41(47)29(35)5)21-33(20-31)24-36-27(3)18-39(45(13,14)15)42(48)30(36)6/h16-21,46-48H,22-24H2,1-15H3. The largest absolute Gasteiger partial charge is 0.507 e. The maximum Gasteiger partial charge on any atom is 0.122 e. The summed E-state index contributed by atoms with van der Waals surface area (Å²) in [5, 5.41) is 33.9. The first kappa shape index (κ1) is 37.1. The Bertz CT molecular complexity index is 1640. The number of benzene rings is 4. The van der Waals surface area contributed by atoms with Gasteiger partial charge in [0.2, 0.25) is 0 Å². The van der Waals surface area contributed by atoms with Gasteiger partial charge in [0.15, 0.2) is 0 Å². The summed E-state index contributed by atoms with van der Waals surface area (Å²) >= 11 is 0. The third-order valence-corrected chi connectivity index (χ3v) is 10.4. The average Bonchev–Trinajstić information content (AvgIpc) is 2.95. The first-order valence-corrected chi connectivity index (χ1v) is 17.5. The molecular weight excluding hydrogens is 588 g/mol. The molecule has 0 saturated carbocycles. The highest BCUT2D eigenvalue weighted by atomic mass is 16.3. The third kappa shape index (κ3) is 7.46. The molecule has 0 spiro atoms. The molecule has 4 aromatic carbocycles. The molecule has 0 aliphatic rings. The number of aryl methyl sites for hydroxylation is 3. The number of hydrogen-bond donors (Lipinski definition) is 3. The molecule has 3 N–H and O–H groups in total. The van der Waals surface area contributed by atoms with Crippen molar-refractivity contribution < 1.29 is 15.3 Å². The lowest BCUT2D eigenvalue weighted by atomic mass is 9.80. The molecule has 0 aromatic heterocycles. The van der Waals surface area contributed by atoms with Crippen molar-refractivity contribution in [2.24, 2.45) is 0 Å². The average molecular weight is 649 g/mol. The van der Waals surface area contributed by atoms with E-state index in [-0.39, 0.29) is 16.2 Å². The number of hydrogen-bond acceptors (Lipinski definition) is 3. The molecule has 4 rings (SSSR count). The van der Waals surface area contributed by atoms with Gasteiger partial charge in [0, 0.05) is 0 Å². The van der Waals surface area contributed by atoms with E-state index in [0.29, 0.717) is 36.5 Å². The smallest absolute Gasteiger partial charge is 0.122 e. The van der Waals surface area contributed by atoms with Crippen molar-refractivity contribution in [1.29, 1.82) is 0 Å². The van der Waals surface area contributed by atoms with Crippen LogP contribution < -0.4 is 0 Å². The molecule has 0 bridgehead atoms. The number of phenolic OH excluding ortho intramolecular Hbond substituents is 3. The fraction of sp³-hybridized carbons (Fsp3) is 0.467. The predicted molar refractivity (Wildman–Crippen MR) is 204 cm³/mol. The van der Waals surface area contributed by atoms with Gasteiger partial charge in [-0.1, -0.05) is 98.7 Å². The van der Waals surface area contributed by atoms with Crippen molar-refractivity contribution in [3.8, 4) is 17.2 Å². The van der Waals surface area contributed by atoms with E-state index in [9.17, 15) is 15.3 Å². The number of rotatable bonds is 6. The zero-order valence-corrected chi connectivity index (χ0v) is 32.4. The van der Waals surface area contributed by atoms with Gasteiger partial charge in [0.25, 0.3) is 0 Å². The van der Waals surface area contributed by atoms with Crippen LogP contribution >= 0.6 is 0 Å². The fourth-order valence-electron chi connectivity index (χ4n) is 7.33. The molecule has 0 aliphatic heterocycles. The minimum Gasteiger partial charge on any atom is -0.507 e. The van der Waals surface area contributed by atoms with Crippen LogP contribution in [-0.4, -0.2) is 15.3 Å². The van der Waals surface area contributed by atoms with Crippen LogP contribution in [0.1, 0.15) is 146 Å². The summed E-state index contributed by atoms with van der Waals surface area (Å²) in [6.07, 6.45) is 2.11. The molecule has 0 fully saturated rings. The second-order valence-electron chi connectivity index (χ2n) is 17.5. The van der Waals surface area contributed by atoms with Crippen LogP contribution in [0.5, 0.6) is 17.2 Å². The molecule has 0 unspecified atom stereocenters. The highest BCUT2D eigenvalue weighted by Gasteiger charge is 2.25. The Morgan fingerprint density at radius 1 is 0.375 bits per heavy atom. The van der Waals surface area contributed by atoms with Gasteiger partial charge in [-0.05, 0) is 161 Å². The zero-order valence-electron chi connectivity index (χ0n) is 32.4. The quantitative estimate of drug-likeness (QED) is 0.195. The Balaban J connectivity index is 1.88. The molecule has 258 valence electrons. The van der Waals surface area contributed by atoms with Crippen molar-refractivity contribution in [3.05, 3.63) is 120 Å². The molecule has 0 radical (unpaired) electrons. The highest BCUT2D eigenvalue weighted by Crippen LogP contribution is 2.40. The van der Waals surface area contributed by atoms with Crippen molar-refractivity contribution in [2.45, 2.75) is 139 Å². The van der Waals surface area contributed by atoms with Gasteiger partial charge < -0.3 is 15.3 Å². The Morgan fingerprint density at radius 3 is 0.771 bits per heavy atom. The molecular formula is C45H60O3. The normalized spacial score (nSPS) is 12.6. The number of aromatic hydroxyl groups is 3. The maximum atomic E-state index is 11.3. The molecule has 3 nitrogen and oxygen atoms in total.